The highest BCUT2D eigenvalue weighted by Gasteiger charge is 2.15. The quantitative estimate of drug-likeness (QED) is 0.911. The second-order valence-corrected chi connectivity index (χ2v) is 4.27. The van der Waals surface area contributed by atoms with E-state index in [1.807, 2.05) is 19.9 Å². The number of anilines is 1. The predicted octanol–water partition coefficient (Wildman–Crippen LogP) is 3.56. The number of nitrogens with one attached hydrogen (secondary N) is 1. The van der Waals surface area contributed by atoms with Crippen LogP contribution in [0.25, 0.3) is 11.5 Å². The fourth-order valence-corrected chi connectivity index (χ4v) is 1.56. The molecule has 4 nitrogen and oxygen atoms in total. The summed E-state index contributed by atoms with van der Waals surface area (Å²) in [5.41, 5.74) is 0.688. The van der Waals surface area contributed by atoms with E-state index < -0.39 is 0 Å². The van der Waals surface area contributed by atoms with Crippen molar-refractivity contribution in [3.8, 4) is 17.5 Å². The van der Waals surface area contributed by atoms with Crippen LogP contribution < -0.4 is 5.32 Å². The SMILES string of the molecule is CCC(C)Nc1oc(-c2cccc(F)c2)nc1C#N. The van der Waals surface area contributed by atoms with Crippen molar-refractivity contribution in [2.24, 2.45) is 0 Å². The van der Waals surface area contributed by atoms with Gasteiger partial charge in [0.15, 0.2) is 0 Å². The van der Waals surface area contributed by atoms with Crippen molar-refractivity contribution in [3.63, 3.8) is 0 Å². The molecule has 19 heavy (non-hydrogen) atoms. The maximum absolute atomic E-state index is 13.2. The van der Waals surface area contributed by atoms with E-state index in [2.05, 4.69) is 10.3 Å². The van der Waals surface area contributed by atoms with Crippen LogP contribution in [0.2, 0.25) is 0 Å². The van der Waals surface area contributed by atoms with Crippen molar-refractivity contribution in [1.82, 2.24) is 4.98 Å². The van der Waals surface area contributed by atoms with Crippen molar-refractivity contribution >= 4 is 5.88 Å². The first-order valence-corrected chi connectivity index (χ1v) is 6.07. The van der Waals surface area contributed by atoms with Gasteiger partial charge in [-0.3, -0.25) is 0 Å². The maximum atomic E-state index is 13.2. The van der Waals surface area contributed by atoms with Gasteiger partial charge in [-0.15, -0.1) is 0 Å². The molecule has 0 aliphatic heterocycles. The average Bonchev–Trinajstić information content (AvgIpc) is 2.81. The molecule has 0 saturated heterocycles. The standard InChI is InChI=1S/C14H14FN3O/c1-3-9(2)17-14-12(8-16)18-13(19-14)10-5-4-6-11(15)7-10/h4-7,9,17H,3H2,1-2H3. The zero-order valence-corrected chi connectivity index (χ0v) is 10.8. The van der Waals surface area contributed by atoms with Crippen molar-refractivity contribution in [1.29, 1.82) is 5.26 Å². The Morgan fingerprint density at radius 3 is 2.95 bits per heavy atom. The highest BCUT2D eigenvalue weighted by molar-refractivity contribution is 5.58. The van der Waals surface area contributed by atoms with Crippen LogP contribution >= 0.6 is 0 Å². The Kier molecular flexibility index (Phi) is 3.81. The molecule has 98 valence electrons. The van der Waals surface area contributed by atoms with E-state index in [1.54, 1.807) is 12.1 Å². The average molecular weight is 259 g/mol. The molecule has 0 aliphatic rings. The van der Waals surface area contributed by atoms with Crippen molar-refractivity contribution < 1.29 is 8.81 Å². The topological polar surface area (TPSA) is 61.9 Å². The van der Waals surface area contributed by atoms with Crippen molar-refractivity contribution in [2.75, 3.05) is 5.32 Å². The van der Waals surface area contributed by atoms with E-state index in [-0.39, 0.29) is 23.4 Å². The summed E-state index contributed by atoms with van der Waals surface area (Å²) in [4.78, 5) is 4.07. The summed E-state index contributed by atoms with van der Waals surface area (Å²) in [5.74, 6) is 0.198. The minimum absolute atomic E-state index is 0.167. The first-order valence-electron chi connectivity index (χ1n) is 6.07. The van der Waals surface area contributed by atoms with Crippen LogP contribution in [0.1, 0.15) is 26.0 Å². The Bertz CT molecular complexity index is 615. The van der Waals surface area contributed by atoms with Crippen LogP contribution in [-0.2, 0) is 0 Å². The van der Waals surface area contributed by atoms with Gasteiger partial charge in [-0.1, -0.05) is 13.0 Å². The molecule has 1 heterocycles. The molecule has 0 radical (unpaired) electrons. The van der Waals surface area contributed by atoms with E-state index in [0.29, 0.717) is 11.4 Å². The van der Waals surface area contributed by atoms with Crippen LogP contribution in [0.15, 0.2) is 28.7 Å². The maximum Gasteiger partial charge on any atom is 0.232 e. The van der Waals surface area contributed by atoms with E-state index >= 15 is 0 Å². The van der Waals surface area contributed by atoms with Gasteiger partial charge in [-0.2, -0.15) is 10.2 Å². The summed E-state index contributed by atoms with van der Waals surface area (Å²) in [5, 5.41) is 12.1. The number of rotatable bonds is 4. The lowest BCUT2D eigenvalue weighted by Crippen LogP contribution is -2.13. The molecule has 0 fully saturated rings. The molecule has 0 amide bonds. The number of halogens is 1. The van der Waals surface area contributed by atoms with Gasteiger partial charge in [0, 0.05) is 11.6 Å². The minimum atomic E-state index is -0.370. The van der Waals surface area contributed by atoms with Crippen LogP contribution in [0, 0.1) is 17.1 Å². The molecule has 2 rings (SSSR count). The Labute approximate surface area is 110 Å². The second-order valence-electron chi connectivity index (χ2n) is 4.27. The molecule has 0 saturated carbocycles. The molecule has 1 aromatic heterocycles. The lowest BCUT2D eigenvalue weighted by molar-refractivity contribution is 0.571. The van der Waals surface area contributed by atoms with Crippen molar-refractivity contribution in [3.05, 3.63) is 35.8 Å². The lowest BCUT2D eigenvalue weighted by Gasteiger charge is -2.09. The van der Waals surface area contributed by atoms with Gasteiger partial charge in [0.05, 0.1) is 0 Å². The number of hydrogen-bond acceptors (Lipinski definition) is 4. The van der Waals surface area contributed by atoms with E-state index in [9.17, 15) is 4.39 Å². The zero-order valence-electron chi connectivity index (χ0n) is 10.8. The van der Waals surface area contributed by atoms with Gasteiger partial charge < -0.3 is 9.73 Å². The summed E-state index contributed by atoms with van der Waals surface area (Å²) in [6, 6.07) is 8.05. The van der Waals surface area contributed by atoms with E-state index in [4.69, 9.17) is 9.68 Å². The molecule has 0 bridgehead atoms. The van der Waals surface area contributed by atoms with E-state index in [1.165, 1.54) is 12.1 Å². The Morgan fingerprint density at radius 2 is 2.32 bits per heavy atom. The Hall–Kier alpha value is -2.35. The third kappa shape index (κ3) is 2.91. The van der Waals surface area contributed by atoms with Crippen LogP contribution in [0.3, 0.4) is 0 Å². The summed E-state index contributed by atoms with van der Waals surface area (Å²) < 4.78 is 18.7. The normalized spacial score (nSPS) is 11.9. The first-order chi connectivity index (χ1) is 9.13. The summed E-state index contributed by atoms with van der Waals surface area (Å²) >= 11 is 0. The number of aromatic nitrogens is 1. The lowest BCUT2D eigenvalue weighted by atomic mass is 10.2. The van der Waals surface area contributed by atoms with E-state index in [0.717, 1.165) is 6.42 Å². The van der Waals surface area contributed by atoms with Crippen molar-refractivity contribution in [2.45, 2.75) is 26.3 Å². The zero-order chi connectivity index (χ0) is 13.8. The number of hydrogen-bond donors (Lipinski definition) is 1. The summed E-state index contributed by atoms with van der Waals surface area (Å²) in [6.45, 7) is 4.00. The molecule has 0 aliphatic carbocycles. The molecule has 5 heteroatoms. The van der Waals surface area contributed by atoms with Gasteiger partial charge in [0.1, 0.15) is 11.9 Å². The number of oxazole rings is 1. The van der Waals surface area contributed by atoms with Crippen LogP contribution in [0.5, 0.6) is 0 Å². The molecule has 0 spiro atoms. The minimum Gasteiger partial charge on any atom is -0.419 e. The first kappa shape index (κ1) is 13.1. The van der Waals surface area contributed by atoms with Crippen LogP contribution in [-0.4, -0.2) is 11.0 Å². The van der Waals surface area contributed by atoms with Gasteiger partial charge in [-0.05, 0) is 31.5 Å². The highest BCUT2D eigenvalue weighted by Crippen LogP contribution is 2.26. The number of nitriles is 1. The molecular weight excluding hydrogens is 245 g/mol. The highest BCUT2D eigenvalue weighted by atomic mass is 19.1. The van der Waals surface area contributed by atoms with Gasteiger partial charge >= 0.3 is 0 Å². The largest absolute Gasteiger partial charge is 0.419 e. The molecule has 1 unspecified atom stereocenters. The second kappa shape index (κ2) is 5.53. The van der Waals surface area contributed by atoms with Crippen LogP contribution in [0.4, 0.5) is 10.3 Å². The Balaban J connectivity index is 2.36. The fourth-order valence-electron chi connectivity index (χ4n) is 1.56. The number of nitrogens with zero attached hydrogens (tertiary/aromatic N) is 2. The summed E-state index contributed by atoms with van der Waals surface area (Å²) in [6.07, 6.45) is 0.890. The monoisotopic (exact) mass is 259 g/mol. The third-order valence-corrected chi connectivity index (χ3v) is 2.79. The predicted molar refractivity (Wildman–Crippen MR) is 70.0 cm³/mol. The Morgan fingerprint density at radius 1 is 1.53 bits per heavy atom. The molecular formula is C14H14FN3O. The third-order valence-electron chi connectivity index (χ3n) is 2.79. The fraction of sp³-hybridized carbons (Fsp3) is 0.286. The molecule has 1 aromatic carbocycles. The summed E-state index contributed by atoms with van der Waals surface area (Å²) in [7, 11) is 0. The van der Waals surface area contributed by atoms with Gasteiger partial charge in [0.2, 0.25) is 17.5 Å². The van der Waals surface area contributed by atoms with Gasteiger partial charge in [-0.25, -0.2) is 4.39 Å². The number of benzene rings is 1. The molecule has 1 N–H and O–H groups in total. The smallest absolute Gasteiger partial charge is 0.232 e. The molecule has 2 aromatic rings. The molecule has 1 atom stereocenters. The van der Waals surface area contributed by atoms with Gasteiger partial charge in [0.25, 0.3) is 0 Å².